The summed E-state index contributed by atoms with van der Waals surface area (Å²) in [5.74, 6) is -0.284. The molecule has 1 heterocycles. The molecular weight excluding hydrogens is 315 g/mol. The molecule has 1 aromatic heterocycles. The van der Waals surface area contributed by atoms with Gasteiger partial charge in [-0.3, -0.25) is 0 Å². The van der Waals surface area contributed by atoms with Crippen LogP contribution in [0.5, 0.6) is 0 Å². The Bertz CT molecular complexity index is 954. The van der Waals surface area contributed by atoms with E-state index in [9.17, 15) is 12.8 Å². The Morgan fingerprint density at radius 3 is 2.17 bits per heavy atom. The van der Waals surface area contributed by atoms with E-state index in [-0.39, 0.29) is 10.7 Å². The van der Waals surface area contributed by atoms with E-state index < -0.39 is 9.84 Å². The second-order valence-electron chi connectivity index (χ2n) is 5.45. The van der Waals surface area contributed by atoms with Gasteiger partial charge in [0.2, 0.25) is 0 Å². The third-order valence-corrected chi connectivity index (χ3v) is 4.86. The first-order valence-corrected chi connectivity index (χ1v) is 8.88. The Hall–Kier alpha value is -2.40. The summed E-state index contributed by atoms with van der Waals surface area (Å²) in [5, 5.41) is 0. The van der Waals surface area contributed by atoms with Crippen molar-refractivity contribution in [2.24, 2.45) is 0 Å². The predicted molar refractivity (Wildman–Crippen MR) is 87.4 cm³/mol. The standard InChI is InChI=1S/C18H15FO3S/c1-12-9-14(19)5-8-16(12)18-11-22-10-17(18)13-3-6-15(7-4-13)23(2,20)21/h3-11H,1-2H3. The Morgan fingerprint density at radius 1 is 0.913 bits per heavy atom. The molecule has 23 heavy (non-hydrogen) atoms. The summed E-state index contributed by atoms with van der Waals surface area (Å²) in [5.41, 5.74) is 4.20. The van der Waals surface area contributed by atoms with E-state index in [0.29, 0.717) is 0 Å². The fourth-order valence-corrected chi connectivity index (χ4v) is 3.17. The highest BCUT2D eigenvalue weighted by Gasteiger charge is 2.14. The van der Waals surface area contributed by atoms with E-state index in [1.807, 2.05) is 6.92 Å². The molecule has 2 aromatic carbocycles. The molecule has 0 atom stereocenters. The minimum atomic E-state index is -3.23. The summed E-state index contributed by atoms with van der Waals surface area (Å²) in [4.78, 5) is 0.268. The lowest BCUT2D eigenvalue weighted by Crippen LogP contribution is -1.96. The van der Waals surface area contributed by atoms with E-state index in [2.05, 4.69) is 0 Å². The Labute approximate surface area is 134 Å². The third kappa shape index (κ3) is 3.05. The summed E-state index contributed by atoms with van der Waals surface area (Å²) >= 11 is 0. The van der Waals surface area contributed by atoms with Gasteiger partial charge in [-0.15, -0.1) is 0 Å². The molecule has 0 aliphatic rings. The summed E-state index contributed by atoms with van der Waals surface area (Å²) < 4.78 is 41.7. The van der Waals surface area contributed by atoms with Crippen molar-refractivity contribution in [2.75, 3.05) is 6.26 Å². The predicted octanol–water partition coefficient (Wildman–Crippen LogP) is 4.46. The van der Waals surface area contributed by atoms with Crippen molar-refractivity contribution in [1.82, 2.24) is 0 Å². The van der Waals surface area contributed by atoms with Crippen LogP contribution in [0.15, 0.2) is 64.3 Å². The molecule has 0 aliphatic carbocycles. The highest BCUT2D eigenvalue weighted by atomic mass is 32.2. The molecule has 0 radical (unpaired) electrons. The number of hydrogen-bond donors (Lipinski definition) is 0. The van der Waals surface area contributed by atoms with Crippen molar-refractivity contribution in [3.8, 4) is 22.3 Å². The molecule has 0 spiro atoms. The monoisotopic (exact) mass is 330 g/mol. The highest BCUT2D eigenvalue weighted by molar-refractivity contribution is 7.90. The maximum atomic E-state index is 13.3. The first-order chi connectivity index (χ1) is 10.9. The molecule has 3 aromatic rings. The molecule has 0 unspecified atom stereocenters. The van der Waals surface area contributed by atoms with E-state index in [0.717, 1.165) is 27.8 Å². The Morgan fingerprint density at radius 2 is 1.57 bits per heavy atom. The average molecular weight is 330 g/mol. The molecule has 0 bridgehead atoms. The molecule has 5 heteroatoms. The number of furan rings is 1. The first-order valence-electron chi connectivity index (χ1n) is 6.99. The lowest BCUT2D eigenvalue weighted by Gasteiger charge is -2.07. The summed E-state index contributed by atoms with van der Waals surface area (Å²) in [6, 6.07) is 11.2. The number of hydrogen-bond acceptors (Lipinski definition) is 3. The zero-order valence-electron chi connectivity index (χ0n) is 12.7. The van der Waals surface area contributed by atoms with Crippen molar-refractivity contribution in [1.29, 1.82) is 0 Å². The van der Waals surface area contributed by atoms with Gasteiger partial charge in [0, 0.05) is 17.4 Å². The number of benzene rings is 2. The Balaban J connectivity index is 2.08. The first kappa shape index (κ1) is 15.5. The van der Waals surface area contributed by atoms with Crippen LogP contribution in [-0.2, 0) is 9.84 Å². The van der Waals surface area contributed by atoms with Gasteiger partial charge in [-0.1, -0.05) is 18.2 Å². The average Bonchev–Trinajstić information content (AvgIpc) is 2.95. The molecule has 0 N–H and O–H groups in total. The van der Waals surface area contributed by atoms with E-state index in [4.69, 9.17) is 4.42 Å². The lowest BCUT2D eigenvalue weighted by molar-refractivity contribution is 0.569. The van der Waals surface area contributed by atoms with Crippen LogP contribution >= 0.6 is 0 Å². The van der Waals surface area contributed by atoms with Crippen LogP contribution < -0.4 is 0 Å². The molecule has 0 aliphatic heterocycles. The molecule has 0 saturated carbocycles. The summed E-state index contributed by atoms with van der Waals surface area (Å²) in [6.07, 6.45) is 4.39. The van der Waals surface area contributed by atoms with Crippen LogP contribution in [-0.4, -0.2) is 14.7 Å². The van der Waals surface area contributed by atoms with Crippen molar-refractivity contribution >= 4 is 9.84 Å². The quantitative estimate of drug-likeness (QED) is 0.712. The molecule has 3 rings (SSSR count). The highest BCUT2D eigenvalue weighted by Crippen LogP contribution is 2.35. The van der Waals surface area contributed by atoms with Crippen molar-refractivity contribution in [2.45, 2.75) is 11.8 Å². The van der Waals surface area contributed by atoms with Gasteiger partial charge in [0.1, 0.15) is 5.82 Å². The topological polar surface area (TPSA) is 47.3 Å². The SMILES string of the molecule is Cc1cc(F)ccc1-c1cocc1-c1ccc(S(C)(=O)=O)cc1. The molecular formula is C18H15FO3S. The van der Waals surface area contributed by atoms with Crippen LogP contribution in [0.3, 0.4) is 0 Å². The van der Waals surface area contributed by atoms with Gasteiger partial charge in [-0.05, 0) is 47.9 Å². The van der Waals surface area contributed by atoms with Crippen LogP contribution in [0.4, 0.5) is 4.39 Å². The molecule has 118 valence electrons. The van der Waals surface area contributed by atoms with Crippen LogP contribution in [0.25, 0.3) is 22.3 Å². The van der Waals surface area contributed by atoms with Crippen molar-refractivity contribution in [3.05, 3.63) is 66.4 Å². The van der Waals surface area contributed by atoms with Crippen molar-refractivity contribution in [3.63, 3.8) is 0 Å². The maximum absolute atomic E-state index is 13.3. The Kier molecular flexibility index (Phi) is 3.82. The fourth-order valence-electron chi connectivity index (χ4n) is 2.54. The van der Waals surface area contributed by atoms with Crippen molar-refractivity contribution < 1.29 is 17.2 Å². The number of sulfone groups is 1. The van der Waals surface area contributed by atoms with Crippen LogP contribution in [0.2, 0.25) is 0 Å². The maximum Gasteiger partial charge on any atom is 0.175 e. The minimum Gasteiger partial charge on any atom is -0.471 e. The lowest BCUT2D eigenvalue weighted by atomic mass is 9.96. The van der Waals surface area contributed by atoms with E-state index in [1.165, 1.54) is 18.4 Å². The number of aryl methyl sites for hydroxylation is 1. The second-order valence-corrected chi connectivity index (χ2v) is 7.47. The van der Waals surface area contributed by atoms with Gasteiger partial charge in [0.15, 0.2) is 9.84 Å². The normalized spacial score (nSPS) is 11.6. The van der Waals surface area contributed by atoms with Crippen LogP contribution in [0.1, 0.15) is 5.56 Å². The molecule has 0 amide bonds. The second kappa shape index (κ2) is 5.66. The summed E-state index contributed by atoms with van der Waals surface area (Å²) in [7, 11) is -3.23. The smallest absolute Gasteiger partial charge is 0.175 e. The van der Waals surface area contributed by atoms with E-state index in [1.54, 1.807) is 42.9 Å². The van der Waals surface area contributed by atoms with Gasteiger partial charge < -0.3 is 4.42 Å². The van der Waals surface area contributed by atoms with Gasteiger partial charge in [-0.25, -0.2) is 12.8 Å². The zero-order chi connectivity index (χ0) is 16.6. The van der Waals surface area contributed by atoms with Gasteiger partial charge in [-0.2, -0.15) is 0 Å². The third-order valence-electron chi connectivity index (χ3n) is 3.73. The number of halogens is 1. The molecule has 0 fully saturated rings. The molecule has 0 saturated heterocycles. The number of rotatable bonds is 3. The van der Waals surface area contributed by atoms with Gasteiger partial charge >= 0.3 is 0 Å². The van der Waals surface area contributed by atoms with Gasteiger partial charge in [0.25, 0.3) is 0 Å². The van der Waals surface area contributed by atoms with Crippen LogP contribution in [0, 0.1) is 12.7 Å². The van der Waals surface area contributed by atoms with E-state index >= 15 is 0 Å². The summed E-state index contributed by atoms with van der Waals surface area (Å²) in [6.45, 7) is 1.84. The zero-order valence-corrected chi connectivity index (χ0v) is 13.5. The largest absolute Gasteiger partial charge is 0.471 e. The van der Waals surface area contributed by atoms with Gasteiger partial charge in [0.05, 0.1) is 17.4 Å². The molecule has 3 nitrogen and oxygen atoms in total. The fraction of sp³-hybridized carbons (Fsp3) is 0.111. The minimum absolute atomic E-state index is 0.268.